The van der Waals surface area contributed by atoms with Crippen LogP contribution >= 0.6 is 11.3 Å². The van der Waals surface area contributed by atoms with Crippen LogP contribution < -0.4 is 5.32 Å². The molecule has 2 atom stereocenters. The van der Waals surface area contributed by atoms with Gasteiger partial charge in [0.15, 0.2) is 0 Å². The number of hydrogen-bond donors (Lipinski definition) is 1. The summed E-state index contributed by atoms with van der Waals surface area (Å²) in [4.78, 5) is 5.81. The molecule has 0 bridgehead atoms. The maximum atomic E-state index is 3.37. The van der Waals surface area contributed by atoms with Gasteiger partial charge in [0.05, 0.1) is 0 Å². The van der Waals surface area contributed by atoms with Crippen LogP contribution in [0.4, 0.5) is 0 Å². The van der Waals surface area contributed by atoms with E-state index in [1.165, 1.54) is 30.7 Å². The number of nitrogens with one attached hydrogen (secondary N) is 1. The van der Waals surface area contributed by atoms with Crippen molar-refractivity contribution in [1.29, 1.82) is 0 Å². The molecule has 1 saturated carbocycles. The van der Waals surface area contributed by atoms with E-state index in [1.807, 2.05) is 11.3 Å². The van der Waals surface area contributed by atoms with Crippen molar-refractivity contribution in [1.82, 2.24) is 10.2 Å². The Morgan fingerprint density at radius 1 is 1.35 bits per heavy atom. The van der Waals surface area contributed by atoms with Crippen LogP contribution in [-0.2, 0) is 0 Å². The van der Waals surface area contributed by atoms with Gasteiger partial charge in [0.25, 0.3) is 0 Å². The second-order valence-corrected chi connectivity index (χ2v) is 6.79. The van der Waals surface area contributed by atoms with Gasteiger partial charge in [-0.3, -0.25) is 4.90 Å². The third kappa shape index (κ3) is 2.28. The van der Waals surface area contributed by atoms with Crippen molar-refractivity contribution >= 4 is 11.3 Å². The topological polar surface area (TPSA) is 15.3 Å². The zero-order valence-electron chi connectivity index (χ0n) is 10.8. The molecule has 17 heavy (non-hydrogen) atoms. The minimum Gasteiger partial charge on any atom is -0.319 e. The van der Waals surface area contributed by atoms with Gasteiger partial charge in [0.2, 0.25) is 0 Å². The van der Waals surface area contributed by atoms with Gasteiger partial charge in [-0.15, -0.1) is 11.3 Å². The SMILES string of the molecule is CNCC1CCN(C2CC2)C1c1ccc(C)s1. The predicted octanol–water partition coefficient (Wildman–Crippen LogP) is 2.80. The first-order valence-corrected chi connectivity index (χ1v) is 7.58. The van der Waals surface area contributed by atoms with Crippen molar-refractivity contribution in [3.8, 4) is 0 Å². The predicted molar refractivity (Wildman–Crippen MR) is 73.6 cm³/mol. The standard InChI is InChI=1S/C14H22N2S/c1-10-3-6-13(17-10)14-11(9-15-2)7-8-16(14)12-4-5-12/h3,6,11-12,14-15H,4-5,7-9H2,1-2H3. The van der Waals surface area contributed by atoms with E-state index in [1.54, 1.807) is 4.88 Å². The van der Waals surface area contributed by atoms with Crippen LogP contribution in [0.5, 0.6) is 0 Å². The largest absolute Gasteiger partial charge is 0.319 e. The molecule has 0 radical (unpaired) electrons. The molecule has 0 spiro atoms. The lowest BCUT2D eigenvalue weighted by atomic mass is 9.99. The lowest BCUT2D eigenvalue weighted by Gasteiger charge is -2.27. The van der Waals surface area contributed by atoms with Crippen molar-refractivity contribution in [2.24, 2.45) is 5.92 Å². The average Bonchev–Trinajstić information content (AvgIpc) is 2.94. The van der Waals surface area contributed by atoms with Crippen LogP contribution in [-0.4, -0.2) is 31.1 Å². The maximum absolute atomic E-state index is 3.37. The lowest BCUT2D eigenvalue weighted by Crippen LogP contribution is -2.30. The molecule has 3 rings (SSSR count). The van der Waals surface area contributed by atoms with Crippen molar-refractivity contribution in [2.75, 3.05) is 20.1 Å². The van der Waals surface area contributed by atoms with E-state index >= 15 is 0 Å². The highest BCUT2D eigenvalue weighted by molar-refractivity contribution is 7.12. The molecule has 1 aliphatic heterocycles. The second-order valence-electron chi connectivity index (χ2n) is 5.47. The normalized spacial score (nSPS) is 30.0. The molecule has 2 fully saturated rings. The van der Waals surface area contributed by atoms with Crippen LogP contribution in [0.15, 0.2) is 12.1 Å². The van der Waals surface area contributed by atoms with Gasteiger partial charge in [0.1, 0.15) is 0 Å². The molecule has 3 heteroatoms. The summed E-state index contributed by atoms with van der Waals surface area (Å²) in [5.41, 5.74) is 0. The van der Waals surface area contributed by atoms with E-state index in [9.17, 15) is 0 Å². The highest BCUT2D eigenvalue weighted by atomic mass is 32.1. The molecule has 1 aliphatic carbocycles. The number of likely N-dealkylation sites (tertiary alicyclic amines) is 1. The number of rotatable bonds is 4. The van der Waals surface area contributed by atoms with Gasteiger partial charge in [-0.05, 0) is 64.4 Å². The summed E-state index contributed by atoms with van der Waals surface area (Å²) < 4.78 is 0. The molecule has 2 nitrogen and oxygen atoms in total. The first-order chi connectivity index (χ1) is 8.29. The van der Waals surface area contributed by atoms with Gasteiger partial charge in [0, 0.05) is 21.8 Å². The first-order valence-electron chi connectivity index (χ1n) is 6.76. The summed E-state index contributed by atoms with van der Waals surface area (Å²) in [6, 6.07) is 6.21. The quantitative estimate of drug-likeness (QED) is 0.884. The van der Waals surface area contributed by atoms with E-state index in [-0.39, 0.29) is 0 Å². The second kappa shape index (κ2) is 4.71. The van der Waals surface area contributed by atoms with Gasteiger partial charge < -0.3 is 5.32 Å². The van der Waals surface area contributed by atoms with Crippen LogP contribution in [0, 0.1) is 12.8 Å². The van der Waals surface area contributed by atoms with Gasteiger partial charge in [-0.2, -0.15) is 0 Å². The zero-order valence-corrected chi connectivity index (χ0v) is 11.6. The van der Waals surface area contributed by atoms with Crippen LogP contribution in [0.3, 0.4) is 0 Å². The Bertz CT molecular complexity index is 383. The fraction of sp³-hybridized carbons (Fsp3) is 0.714. The summed E-state index contributed by atoms with van der Waals surface area (Å²) in [5.74, 6) is 0.804. The molecule has 1 aromatic heterocycles. The summed E-state index contributed by atoms with van der Waals surface area (Å²) in [6.45, 7) is 4.68. The van der Waals surface area contributed by atoms with E-state index in [4.69, 9.17) is 0 Å². The van der Waals surface area contributed by atoms with E-state index in [0.717, 1.165) is 18.5 Å². The molecule has 1 aromatic rings. The molecule has 0 amide bonds. The fourth-order valence-electron chi connectivity index (χ4n) is 3.18. The smallest absolute Gasteiger partial charge is 0.0485 e. The molecule has 1 N–H and O–H groups in total. The van der Waals surface area contributed by atoms with E-state index in [0.29, 0.717) is 6.04 Å². The Morgan fingerprint density at radius 2 is 2.18 bits per heavy atom. The average molecular weight is 250 g/mol. The molecule has 2 aliphatic rings. The third-order valence-electron chi connectivity index (χ3n) is 4.10. The number of aryl methyl sites for hydroxylation is 1. The molecule has 2 unspecified atom stereocenters. The van der Waals surface area contributed by atoms with Gasteiger partial charge in [-0.25, -0.2) is 0 Å². The minimum absolute atomic E-state index is 0.689. The van der Waals surface area contributed by atoms with Crippen molar-refractivity contribution in [3.05, 3.63) is 21.9 Å². The van der Waals surface area contributed by atoms with Crippen LogP contribution in [0.1, 0.15) is 35.1 Å². The first kappa shape index (κ1) is 11.7. The molecule has 94 valence electrons. The Balaban J connectivity index is 1.83. The Morgan fingerprint density at radius 3 is 2.76 bits per heavy atom. The fourth-order valence-corrected chi connectivity index (χ4v) is 4.28. The highest BCUT2D eigenvalue weighted by Gasteiger charge is 2.42. The van der Waals surface area contributed by atoms with Crippen molar-refractivity contribution in [3.63, 3.8) is 0 Å². The molecular formula is C14H22N2S. The zero-order chi connectivity index (χ0) is 11.8. The van der Waals surface area contributed by atoms with Crippen molar-refractivity contribution < 1.29 is 0 Å². The molecule has 1 saturated heterocycles. The summed E-state index contributed by atoms with van der Waals surface area (Å²) in [7, 11) is 2.08. The number of hydrogen-bond acceptors (Lipinski definition) is 3. The van der Waals surface area contributed by atoms with Gasteiger partial charge >= 0.3 is 0 Å². The summed E-state index contributed by atoms with van der Waals surface area (Å²) in [5, 5.41) is 3.37. The maximum Gasteiger partial charge on any atom is 0.0485 e. The third-order valence-corrected chi connectivity index (χ3v) is 5.17. The molecular weight excluding hydrogens is 228 g/mol. The van der Waals surface area contributed by atoms with Crippen LogP contribution in [0.2, 0.25) is 0 Å². The van der Waals surface area contributed by atoms with Gasteiger partial charge in [-0.1, -0.05) is 0 Å². The number of thiophene rings is 1. The monoisotopic (exact) mass is 250 g/mol. The van der Waals surface area contributed by atoms with E-state index < -0.39 is 0 Å². The van der Waals surface area contributed by atoms with E-state index in [2.05, 4.69) is 36.3 Å². The van der Waals surface area contributed by atoms with Crippen LogP contribution in [0.25, 0.3) is 0 Å². The lowest BCUT2D eigenvalue weighted by molar-refractivity contribution is 0.221. The number of nitrogens with zero attached hydrogens (tertiary/aromatic N) is 1. The summed E-state index contributed by atoms with van der Waals surface area (Å²) >= 11 is 1.99. The Labute approximate surface area is 108 Å². The molecule has 2 heterocycles. The Kier molecular flexibility index (Phi) is 3.24. The van der Waals surface area contributed by atoms with Crippen molar-refractivity contribution in [2.45, 2.75) is 38.3 Å². The highest BCUT2D eigenvalue weighted by Crippen LogP contribution is 2.45. The minimum atomic E-state index is 0.689. The Hall–Kier alpha value is -0.380. The summed E-state index contributed by atoms with van der Waals surface area (Å²) in [6.07, 6.45) is 4.21. The molecule has 0 aromatic carbocycles.